The number of halogens is 2. The predicted octanol–water partition coefficient (Wildman–Crippen LogP) is 4.25. The molecule has 6 heteroatoms. The van der Waals surface area contributed by atoms with Crippen LogP contribution in [0.2, 0.25) is 0 Å². The van der Waals surface area contributed by atoms with Crippen LogP contribution in [0.3, 0.4) is 0 Å². The van der Waals surface area contributed by atoms with E-state index in [9.17, 15) is 8.42 Å². The lowest BCUT2D eigenvalue weighted by Crippen LogP contribution is -2.26. The molecule has 0 aromatic heterocycles. The molecular formula is C14H13Br2NO2S. The largest absolute Gasteiger partial charge is 0.241 e. The summed E-state index contributed by atoms with van der Waals surface area (Å²) in [7, 11) is -3.53. The molecule has 0 saturated carbocycles. The SMILES string of the molecule is C[C@@H](NS(=O)(=O)c1cccc(Br)c1)c1ccc(Br)cc1. The van der Waals surface area contributed by atoms with Crippen LogP contribution in [0.1, 0.15) is 18.5 Å². The Kier molecular flexibility index (Phi) is 5.01. The molecule has 1 atom stereocenters. The number of benzene rings is 2. The van der Waals surface area contributed by atoms with Crippen molar-refractivity contribution in [2.24, 2.45) is 0 Å². The Labute approximate surface area is 135 Å². The van der Waals surface area contributed by atoms with E-state index in [0.717, 1.165) is 14.5 Å². The molecule has 106 valence electrons. The molecule has 0 saturated heterocycles. The number of sulfonamides is 1. The van der Waals surface area contributed by atoms with Crippen molar-refractivity contribution in [1.29, 1.82) is 0 Å². The molecule has 3 nitrogen and oxygen atoms in total. The first kappa shape index (κ1) is 15.7. The van der Waals surface area contributed by atoms with Crippen molar-refractivity contribution >= 4 is 41.9 Å². The van der Waals surface area contributed by atoms with Gasteiger partial charge in [0.05, 0.1) is 4.90 Å². The van der Waals surface area contributed by atoms with Crippen molar-refractivity contribution in [3.63, 3.8) is 0 Å². The zero-order chi connectivity index (χ0) is 14.8. The predicted molar refractivity (Wildman–Crippen MR) is 87.0 cm³/mol. The molecule has 0 radical (unpaired) electrons. The maximum absolute atomic E-state index is 12.3. The van der Waals surface area contributed by atoms with Crippen LogP contribution in [0, 0.1) is 0 Å². The highest BCUT2D eigenvalue weighted by atomic mass is 79.9. The van der Waals surface area contributed by atoms with Crippen molar-refractivity contribution in [3.8, 4) is 0 Å². The topological polar surface area (TPSA) is 46.2 Å². The summed E-state index contributed by atoms with van der Waals surface area (Å²) >= 11 is 6.63. The highest BCUT2D eigenvalue weighted by Crippen LogP contribution is 2.21. The Bertz CT molecular complexity index is 699. The lowest BCUT2D eigenvalue weighted by atomic mass is 10.1. The van der Waals surface area contributed by atoms with Crippen LogP contribution in [-0.4, -0.2) is 8.42 Å². The molecule has 2 aromatic carbocycles. The average molecular weight is 419 g/mol. The Morgan fingerprint density at radius 1 is 1.00 bits per heavy atom. The minimum atomic E-state index is -3.53. The Hall–Kier alpha value is -0.690. The molecule has 0 heterocycles. The third-order valence-electron chi connectivity index (χ3n) is 2.81. The Balaban J connectivity index is 2.22. The molecule has 0 spiro atoms. The van der Waals surface area contributed by atoms with Crippen LogP contribution < -0.4 is 4.72 Å². The van der Waals surface area contributed by atoms with E-state index < -0.39 is 10.0 Å². The van der Waals surface area contributed by atoms with E-state index in [1.165, 1.54) is 0 Å². The first-order chi connectivity index (χ1) is 9.38. The van der Waals surface area contributed by atoms with E-state index >= 15 is 0 Å². The first-order valence-electron chi connectivity index (χ1n) is 5.92. The number of hydrogen-bond donors (Lipinski definition) is 1. The second-order valence-corrected chi connectivity index (χ2v) is 7.90. The molecule has 2 aromatic rings. The van der Waals surface area contributed by atoms with Gasteiger partial charge >= 0.3 is 0 Å². The van der Waals surface area contributed by atoms with E-state index in [1.807, 2.05) is 31.2 Å². The van der Waals surface area contributed by atoms with Gasteiger partial charge in [0.25, 0.3) is 0 Å². The van der Waals surface area contributed by atoms with E-state index in [1.54, 1.807) is 24.3 Å². The Morgan fingerprint density at radius 3 is 2.25 bits per heavy atom. The molecule has 1 N–H and O–H groups in total. The maximum Gasteiger partial charge on any atom is 0.241 e. The Morgan fingerprint density at radius 2 is 1.65 bits per heavy atom. The van der Waals surface area contributed by atoms with Gasteiger partial charge in [-0.2, -0.15) is 0 Å². The summed E-state index contributed by atoms with van der Waals surface area (Å²) in [5, 5.41) is 0. The molecular weight excluding hydrogens is 406 g/mol. The molecule has 0 amide bonds. The summed E-state index contributed by atoms with van der Waals surface area (Å²) < 4.78 is 29.0. The van der Waals surface area contributed by atoms with Crippen LogP contribution in [0.25, 0.3) is 0 Å². The minimum Gasteiger partial charge on any atom is -0.207 e. The monoisotopic (exact) mass is 417 g/mol. The van der Waals surface area contributed by atoms with E-state index in [0.29, 0.717) is 0 Å². The van der Waals surface area contributed by atoms with Gasteiger partial charge in [0.15, 0.2) is 0 Å². The third kappa shape index (κ3) is 3.91. The molecule has 0 fully saturated rings. The summed E-state index contributed by atoms with van der Waals surface area (Å²) in [6, 6.07) is 13.9. The molecule has 0 aliphatic heterocycles. The van der Waals surface area contributed by atoms with Crippen molar-refractivity contribution < 1.29 is 8.42 Å². The van der Waals surface area contributed by atoms with Crippen LogP contribution in [-0.2, 0) is 10.0 Å². The molecule has 0 aliphatic carbocycles. The molecule has 0 bridgehead atoms. The number of hydrogen-bond acceptors (Lipinski definition) is 2. The van der Waals surface area contributed by atoms with Crippen molar-refractivity contribution in [2.75, 3.05) is 0 Å². The number of nitrogens with one attached hydrogen (secondary N) is 1. The smallest absolute Gasteiger partial charge is 0.207 e. The fourth-order valence-corrected chi connectivity index (χ4v) is 3.85. The van der Waals surface area contributed by atoms with Crippen LogP contribution in [0.4, 0.5) is 0 Å². The van der Waals surface area contributed by atoms with Gasteiger partial charge in [-0.3, -0.25) is 0 Å². The van der Waals surface area contributed by atoms with Gasteiger partial charge in [-0.15, -0.1) is 0 Å². The second kappa shape index (κ2) is 6.39. The van der Waals surface area contributed by atoms with Crippen molar-refractivity contribution in [2.45, 2.75) is 17.9 Å². The maximum atomic E-state index is 12.3. The first-order valence-corrected chi connectivity index (χ1v) is 8.99. The van der Waals surface area contributed by atoms with Gasteiger partial charge in [-0.05, 0) is 42.8 Å². The third-order valence-corrected chi connectivity index (χ3v) is 5.37. The molecule has 0 unspecified atom stereocenters. The minimum absolute atomic E-state index is 0.246. The highest BCUT2D eigenvalue weighted by Gasteiger charge is 2.18. The van der Waals surface area contributed by atoms with Gasteiger partial charge < -0.3 is 0 Å². The highest BCUT2D eigenvalue weighted by molar-refractivity contribution is 9.10. The van der Waals surface area contributed by atoms with E-state index in [-0.39, 0.29) is 10.9 Å². The van der Waals surface area contributed by atoms with E-state index in [4.69, 9.17) is 0 Å². The lowest BCUT2D eigenvalue weighted by Gasteiger charge is -2.15. The quantitative estimate of drug-likeness (QED) is 0.806. The fraction of sp³-hybridized carbons (Fsp3) is 0.143. The fourth-order valence-electron chi connectivity index (χ4n) is 1.75. The summed E-state index contributed by atoms with van der Waals surface area (Å²) in [6.45, 7) is 1.82. The summed E-state index contributed by atoms with van der Waals surface area (Å²) in [6.07, 6.45) is 0. The average Bonchev–Trinajstić information content (AvgIpc) is 2.39. The summed E-state index contributed by atoms with van der Waals surface area (Å²) in [4.78, 5) is 0.246. The zero-order valence-electron chi connectivity index (χ0n) is 10.7. The van der Waals surface area contributed by atoms with Crippen LogP contribution in [0.15, 0.2) is 62.4 Å². The van der Waals surface area contributed by atoms with Crippen molar-refractivity contribution in [1.82, 2.24) is 4.72 Å². The standard InChI is InChI=1S/C14H13Br2NO2S/c1-10(11-5-7-12(15)8-6-11)17-20(18,19)14-4-2-3-13(16)9-14/h2-10,17H,1H3/t10-/m1/s1. The van der Waals surface area contributed by atoms with Crippen LogP contribution >= 0.6 is 31.9 Å². The van der Waals surface area contributed by atoms with Crippen LogP contribution in [0.5, 0.6) is 0 Å². The number of rotatable bonds is 4. The zero-order valence-corrected chi connectivity index (χ0v) is 14.7. The van der Waals surface area contributed by atoms with Gasteiger partial charge in [-0.25, -0.2) is 13.1 Å². The molecule has 2 rings (SSSR count). The van der Waals surface area contributed by atoms with Gasteiger partial charge in [-0.1, -0.05) is 50.1 Å². The summed E-state index contributed by atoms with van der Waals surface area (Å²) in [5.41, 5.74) is 0.909. The normalized spacial score (nSPS) is 13.2. The van der Waals surface area contributed by atoms with Crippen molar-refractivity contribution in [3.05, 3.63) is 63.0 Å². The lowest BCUT2D eigenvalue weighted by molar-refractivity contribution is 0.567. The molecule has 0 aliphatic rings. The van der Waals surface area contributed by atoms with Gasteiger partial charge in [0.2, 0.25) is 10.0 Å². The van der Waals surface area contributed by atoms with Gasteiger partial charge in [0, 0.05) is 15.0 Å². The summed E-state index contributed by atoms with van der Waals surface area (Å²) in [5.74, 6) is 0. The van der Waals surface area contributed by atoms with Gasteiger partial charge in [0.1, 0.15) is 0 Å². The second-order valence-electron chi connectivity index (χ2n) is 4.35. The molecule has 20 heavy (non-hydrogen) atoms. The van der Waals surface area contributed by atoms with E-state index in [2.05, 4.69) is 36.6 Å².